The lowest BCUT2D eigenvalue weighted by molar-refractivity contribution is -0.143. The zero-order valence-corrected chi connectivity index (χ0v) is 11.3. The second kappa shape index (κ2) is 6.01. The third-order valence-corrected chi connectivity index (χ3v) is 3.31. The first-order valence-corrected chi connectivity index (χ1v) is 6.58. The van der Waals surface area contributed by atoms with Crippen molar-refractivity contribution in [3.63, 3.8) is 0 Å². The molecule has 1 aromatic heterocycles. The van der Waals surface area contributed by atoms with Gasteiger partial charge in [0.05, 0.1) is 11.9 Å². The fraction of sp³-hybridized carbons (Fsp3) is 0.636. The number of halogens is 4. The maximum atomic E-state index is 12.3. The summed E-state index contributed by atoms with van der Waals surface area (Å²) in [6.07, 6.45) is -0.199. The molecule has 1 aliphatic heterocycles. The molecular formula is C11H14ClF3N4O. The van der Waals surface area contributed by atoms with E-state index in [-0.39, 0.29) is 10.7 Å². The quantitative estimate of drug-likeness (QED) is 0.930. The first kappa shape index (κ1) is 15.1. The van der Waals surface area contributed by atoms with Gasteiger partial charge in [0.15, 0.2) is 0 Å². The minimum absolute atomic E-state index is 0.233. The molecule has 1 saturated heterocycles. The number of hydrazine groups is 1. The minimum Gasteiger partial charge on any atom is -0.316 e. The lowest BCUT2D eigenvalue weighted by atomic mass is 10.2. The highest BCUT2D eigenvalue weighted by atomic mass is 35.5. The number of hydrogen-bond donors (Lipinski definition) is 1. The molecule has 9 heteroatoms. The predicted molar refractivity (Wildman–Crippen MR) is 68.6 cm³/mol. The third-order valence-electron chi connectivity index (χ3n) is 2.95. The average molecular weight is 311 g/mol. The number of nitrogens with zero attached hydrogens (tertiary/aromatic N) is 3. The molecule has 0 atom stereocenters. The van der Waals surface area contributed by atoms with Crippen LogP contribution in [0.1, 0.15) is 19.3 Å². The van der Waals surface area contributed by atoms with E-state index in [4.69, 9.17) is 11.6 Å². The smallest absolute Gasteiger partial charge is 0.316 e. The Morgan fingerprint density at radius 2 is 1.95 bits per heavy atom. The highest BCUT2D eigenvalue weighted by molar-refractivity contribution is 6.32. The molecule has 0 aliphatic carbocycles. The van der Waals surface area contributed by atoms with Crippen LogP contribution in [0.2, 0.25) is 5.02 Å². The van der Waals surface area contributed by atoms with E-state index in [1.54, 1.807) is 0 Å². The van der Waals surface area contributed by atoms with Gasteiger partial charge in [-0.2, -0.15) is 18.3 Å². The van der Waals surface area contributed by atoms with Gasteiger partial charge in [0.25, 0.3) is 5.56 Å². The molecule has 2 heterocycles. The highest BCUT2D eigenvalue weighted by Gasteiger charge is 2.29. The Labute approximate surface area is 118 Å². The zero-order chi connectivity index (χ0) is 14.8. The predicted octanol–water partition coefficient (Wildman–Crippen LogP) is 2.27. The number of piperidine rings is 1. The topological polar surface area (TPSA) is 50.2 Å². The number of anilines is 1. The van der Waals surface area contributed by atoms with E-state index in [9.17, 15) is 18.0 Å². The van der Waals surface area contributed by atoms with Crippen LogP contribution in [0.25, 0.3) is 0 Å². The Balaban J connectivity index is 2.15. The molecule has 1 aromatic rings. The third kappa shape index (κ3) is 3.86. The summed E-state index contributed by atoms with van der Waals surface area (Å²) in [6, 6.07) is 0. The van der Waals surface area contributed by atoms with Gasteiger partial charge in [-0.1, -0.05) is 18.0 Å². The van der Waals surface area contributed by atoms with Crippen molar-refractivity contribution in [2.75, 3.05) is 18.5 Å². The normalized spacial score (nSPS) is 17.2. The number of nitrogens with one attached hydrogen (secondary N) is 1. The number of aromatic nitrogens is 2. The fourth-order valence-corrected chi connectivity index (χ4v) is 2.19. The van der Waals surface area contributed by atoms with Crippen LogP contribution in [0.5, 0.6) is 0 Å². The van der Waals surface area contributed by atoms with Gasteiger partial charge in [-0.25, -0.2) is 9.69 Å². The van der Waals surface area contributed by atoms with Crippen molar-refractivity contribution in [1.82, 2.24) is 14.8 Å². The Morgan fingerprint density at radius 3 is 2.55 bits per heavy atom. The SMILES string of the molecule is O=c1c(Cl)c(NN2CCCCC2)cnn1CC(F)(F)F. The van der Waals surface area contributed by atoms with Gasteiger partial charge in [-0.3, -0.25) is 4.79 Å². The molecule has 0 unspecified atom stereocenters. The van der Waals surface area contributed by atoms with Crippen LogP contribution in [0.3, 0.4) is 0 Å². The minimum atomic E-state index is -4.51. The molecule has 1 fully saturated rings. The monoisotopic (exact) mass is 310 g/mol. The number of alkyl halides is 3. The molecule has 0 spiro atoms. The Morgan fingerprint density at radius 1 is 1.30 bits per heavy atom. The Kier molecular flexibility index (Phi) is 4.54. The first-order chi connectivity index (χ1) is 9.37. The summed E-state index contributed by atoms with van der Waals surface area (Å²) in [5.74, 6) is 0. The van der Waals surface area contributed by atoms with Crippen LogP contribution in [0.4, 0.5) is 18.9 Å². The van der Waals surface area contributed by atoms with Gasteiger partial charge >= 0.3 is 6.18 Å². The van der Waals surface area contributed by atoms with Gasteiger partial charge in [0.2, 0.25) is 0 Å². The second-order valence-corrected chi connectivity index (χ2v) is 4.99. The molecule has 0 aromatic carbocycles. The van der Waals surface area contributed by atoms with E-state index in [0.717, 1.165) is 38.5 Å². The van der Waals surface area contributed by atoms with E-state index < -0.39 is 18.3 Å². The van der Waals surface area contributed by atoms with Gasteiger partial charge in [-0.05, 0) is 12.8 Å². The van der Waals surface area contributed by atoms with Crippen molar-refractivity contribution in [3.05, 3.63) is 21.6 Å². The maximum Gasteiger partial charge on any atom is 0.408 e. The summed E-state index contributed by atoms with van der Waals surface area (Å²) in [7, 11) is 0. The van der Waals surface area contributed by atoms with Gasteiger partial charge < -0.3 is 5.43 Å². The molecule has 0 amide bonds. The highest BCUT2D eigenvalue weighted by Crippen LogP contribution is 2.20. The summed E-state index contributed by atoms with van der Waals surface area (Å²) >= 11 is 5.82. The Bertz CT molecular complexity index is 525. The van der Waals surface area contributed by atoms with Crippen molar-refractivity contribution >= 4 is 17.3 Å². The fourth-order valence-electron chi connectivity index (χ4n) is 2.00. The van der Waals surface area contributed by atoms with Crippen molar-refractivity contribution in [2.45, 2.75) is 32.0 Å². The van der Waals surface area contributed by atoms with Crippen LogP contribution in [0.15, 0.2) is 11.0 Å². The summed E-state index contributed by atoms with van der Waals surface area (Å²) in [5, 5.41) is 5.09. The maximum absolute atomic E-state index is 12.3. The molecule has 20 heavy (non-hydrogen) atoms. The molecular weight excluding hydrogens is 297 g/mol. The molecule has 2 rings (SSSR count). The Hall–Kier alpha value is -1.28. The van der Waals surface area contributed by atoms with E-state index in [1.165, 1.54) is 0 Å². The first-order valence-electron chi connectivity index (χ1n) is 6.21. The lowest BCUT2D eigenvalue weighted by Gasteiger charge is -2.28. The van der Waals surface area contributed by atoms with Crippen molar-refractivity contribution < 1.29 is 13.2 Å². The molecule has 0 saturated carbocycles. The van der Waals surface area contributed by atoms with Gasteiger partial charge in [0, 0.05) is 13.1 Å². The number of rotatable bonds is 3. The van der Waals surface area contributed by atoms with Gasteiger partial charge in [0.1, 0.15) is 11.6 Å². The van der Waals surface area contributed by atoms with Crippen LogP contribution in [-0.2, 0) is 6.54 Å². The summed E-state index contributed by atoms with van der Waals surface area (Å²) in [4.78, 5) is 11.7. The van der Waals surface area contributed by atoms with Crippen molar-refractivity contribution in [1.29, 1.82) is 0 Å². The van der Waals surface area contributed by atoms with E-state index in [2.05, 4.69) is 10.5 Å². The van der Waals surface area contributed by atoms with Crippen LogP contribution < -0.4 is 11.0 Å². The molecule has 1 aliphatic rings. The van der Waals surface area contributed by atoms with Crippen LogP contribution in [-0.4, -0.2) is 34.1 Å². The van der Waals surface area contributed by atoms with Crippen LogP contribution >= 0.6 is 11.6 Å². The summed E-state index contributed by atoms with van der Waals surface area (Å²) in [6.45, 7) is 0.138. The summed E-state index contributed by atoms with van der Waals surface area (Å²) in [5.41, 5.74) is 2.20. The molecule has 112 valence electrons. The molecule has 5 nitrogen and oxygen atoms in total. The van der Waals surface area contributed by atoms with E-state index in [1.807, 2.05) is 5.01 Å². The van der Waals surface area contributed by atoms with E-state index in [0.29, 0.717) is 4.68 Å². The molecule has 0 bridgehead atoms. The standard InChI is InChI=1S/C11H14ClF3N4O/c12-9-8(17-18-4-2-1-3-5-18)6-16-19(10(9)20)7-11(13,14)15/h6,17H,1-5,7H2. The van der Waals surface area contributed by atoms with Crippen LogP contribution in [0, 0.1) is 0 Å². The second-order valence-electron chi connectivity index (χ2n) is 4.61. The van der Waals surface area contributed by atoms with Crippen molar-refractivity contribution in [2.24, 2.45) is 0 Å². The summed E-state index contributed by atoms with van der Waals surface area (Å²) < 4.78 is 37.1. The lowest BCUT2D eigenvalue weighted by Crippen LogP contribution is -2.36. The van der Waals surface area contributed by atoms with Crippen molar-refractivity contribution in [3.8, 4) is 0 Å². The number of hydrogen-bond acceptors (Lipinski definition) is 4. The molecule has 0 radical (unpaired) electrons. The van der Waals surface area contributed by atoms with Gasteiger partial charge in [-0.15, -0.1) is 0 Å². The average Bonchev–Trinajstić information content (AvgIpc) is 2.38. The largest absolute Gasteiger partial charge is 0.408 e. The molecule has 1 N–H and O–H groups in total. The van der Waals surface area contributed by atoms with E-state index >= 15 is 0 Å². The zero-order valence-electron chi connectivity index (χ0n) is 10.6.